The van der Waals surface area contributed by atoms with Crippen molar-refractivity contribution in [3.8, 4) is 22.9 Å². The minimum atomic E-state index is -0.0630. The maximum Gasteiger partial charge on any atom is 0.140 e. The lowest BCUT2D eigenvalue weighted by atomic mass is 10.0. The van der Waals surface area contributed by atoms with Crippen LogP contribution >= 0.6 is 0 Å². The molecule has 0 N–H and O–H groups in total. The highest BCUT2D eigenvalue weighted by atomic mass is 16.5. The second-order valence-electron chi connectivity index (χ2n) is 6.78. The molecule has 0 bridgehead atoms. The number of nitrogens with zero attached hydrogens (tertiary/aromatic N) is 6. The molecule has 26 heavy (non-hydrogen) atoms. The van der Waals surface area contributed by atoms with Crippen LogP contribution in [0, 0.1) is 11.3 Å². The molecule has 0 saturated heterocycles. The number of aryl methyl sites for hydroxylation is 1. The van der Waals surface area contributed by atoms with Gasteiger partial charge in [-0.3, -0.25) is 4.68 Å². The predicted octanol–water partition coefficient (Wildman–Crippen LogP) is 2.51. The minimum Gasteiger partial charge on any atom is -0.488 e. The minimum absolute atomic E-state index is 0.0630. The highest BCUT2D eigenvalue weighted by Gasteiger charge is 2.16. The van der Waals surface area contributed by atoms with Gasteiger partial charge in [-0.1, -0.05) is 0 Å². The van der Waals surface area contributed by atoms with E-state index in [1.807, 2.05) is 70.3 Å². The van der Waals surface area contributed by atoms with Gasteiger partial charge in [0.25, 0.3) is 0 Å². The first-order chi connectivity index (χ1) is 12.3. The second kappa shape index (κ2) is 8.50. The molecule has 0 radical (unpaired) electrons. The second-order valence-corrected chi connectivity index (χ2v) is 6.78. The van der Waals surface area contributed by atoms with E-state index in [1.165, 1.54) is 0 Å². The summed E-state index contributed by atoms with van der Waals surface area (Å²) in [6.07, 6.45) is 5.32. The molecule has 0 saturated carbocycles. The molecule has 0 unspecified atom stereocenters. The summed E-state index contributed by atoms with van der Waals surface area (Å²) < 4.78 is 7.83. The summed E-state index contributed by atoms with van der Waals surface area (Å²) in [6.45, 7) is 2.74. The van der Waals surface area contributed by atoms with Crippen molar-refractivity contribution in [2.24, 2.45) is 12.0 Å². The molecule has 0 aliphatic rings. The topological polar surface area (TPSA) is 69.7 Å². The molecule has 0 aliphatic heterocycles. The molecule has 1 atom stereocenters. The largest absolute Gasteiger partial charge is 0.488 e. The Hall–Kier alpha value is -2.85. The van der Waals surface area contributed by atoms with Crippen LogP contribution in [-0.2, 0) is 7.05 Å². The van der Waals surface area contributed by atoms with Gasteiger partial charge in [-0.15, -0.1) is 0 Å². The van der Waals surface area contributed by atoms with Crippen LogP contribution in [0.4, 0.5) is 5.69 Å². The molecule has 7 nitrogen and oxygen atoms in total. The lowest BCUT2D eigenvalue weighted by molar-refractivity contribution is 0.176. The molecular formula is C19H26N6O. The molecule has 0 fully saturated rings. The SMILES string of the molecule is C[C@H](CN(C)C)Oc1cc(-c2cnn(C)c2)cc(/N=C/N(C)C)c1C#N. The number of benzene rings is 1. The van der Waals surface area contributed by atoms with Gasteiger partial charge in [-0.05, 0) is 38.7 Å². The average Bonchev–Trinajstić information content (AvgIpc) is 2.98. The van der Waals surface area contributed by atoms with Crippen molar-refractivity contribution < 1.29 is 4.74 Å². The van der Waals surface area contributed by atoms with Crippen molar-refractivity contribution in [3.05, 3.63) is 30.1 Å². The maximum absolute atomic E-state index is 9.68. The third kappa shape index (κ3) is 5.07. The molecule has 1 heterocycles. The first-order valence-electron chi connectivity index (χ1n) is 8.39. The van der Waals surface area contributed by atoms with Gasteiger partial charge < -0.3 is 14.5 Å². The zero-order valence-corrected chi connectivity index (χ0v) is 16.3. The van der Waals surface area contributed by atoms with Gasteiger partial charge in [0.15, 0.2) is 0 Å². The van der Waals surface area contributed by atoms with Crippen LogP contribution in [0.15, 0.2) is 29.5 Å². The zero-order chi connectivity index (χ0) is 19.3. The van der Waals surface area contributed by atoms with E-state index in [0.717, 1.165) is 17.7 Å². The molecule has 2 rings (SSSR count). The summed E-state index contributed by atoms with van der Waals surface area (Å²) in [4.78, 5) is 8.33. The molecular weight excluding hydrogens is 328 g/mol. The van der Waals surface area contributed by atoms with E-state index in [4.69, 9.17) is 4.74 Å². The van der Waals surface area contributed by atoms with E-state index in [1.54, 1.807) is 17.2 Å². The van der Waals surface area contributed by atoms with E-state index < -0.39 is 0 Å². The third-order valence-electron chi connectivity index (χ3n) is 3.61. The van der Waals surface area contributed by atoms with Crippen LogP contribution < -0.4 is 4.74 Å². The van der Waals surface area contributed by atoms with Crippen molar-refractivity contribution in [3.63, 3.8) is 0 Å². The molecule has 0 aliphatic carbocycles. The summed E-state index contributed by atoms with van der Waals surface area (Å²) in [5.41, 5.74) is 2.87. The third-order valence-corrected chi connectivity index (χ3v) is 3.61. The molecule has 138 valence electrons. The Kier molecular flexibility index (Phi) is 6.36. The van der Waals surface area contributed by atoms with Gasteiger partial charge in [0.05, 0.1) is 18.2 Å². The highest BCUT2D eigenvalue weighted by Crippen LogP contribution is 2.35. The fraction of sp³-hybridized carbons (Fsp3) is 0.421. The van der Waals surface area contributed by atoms with Crippen LogP contribution in [0.2, 0.25) is 0 Å². The Balaban J connectivity index is 2.52. The van der Waals surface area contributed by atoms with Gasteiger partial charge in [-0.2, -0.15) is 10.4 Å². The summed E-state index contributed by atoms with van der Waals surface area (Å²) in [5, 5.41) is 13.9. The Labute approximate surface area is 155 Å². The number of hydrogen-bond acceptors (Lipinski definition) is 5. The van der Waals surface area contributed by atoms with E-state index >= 15 is 0 Å². The lowest BCUT2D eigenvalue weighted by Gasteiger charge is -2.20. The highest BCUT2D eigenvalue weighted by molar-refractivity contribution is 5.76. The van der Waals surface area contributed by atoms with Crippen LogP contribution in [0.1, 0.15) is 12.5 Å². The van der Waals surface area contributed by atoms with Gasteiger partial charge >= 0.3 is 0 Å². The number of rotatable bonds is 7. The average molecular weight is 354 g/mol. The Morgan fingerprint density at radius 1 is 1.31 bits per heavy atom. The van der Waals surface area contributed by atoms with Gasteiger partial charge in [0, 0.05) is 39.4 Å². The molecule has 0 spiro atoms. The van der Waals surface area contributed by atoms with E-state index in [-0.39, 0.29) is 6.10 Å². The van der Waals surface area contributed by atoms with Crippen LogP contribution in [0.25, 0.3) is 11.1 Å². The molecule has 7 heteroatoms. The van der Waals surface area contributed by atoms with Crippen molar-refractivity contribution >= 4 is 12.0 Å². The van der Waals surface area contributed by atoms with E-state index in [9.17, 15) is 5.26 Å². The summed E-state index contributed by atoms with van der Waals surface area (Å²) >= 11 is 0. The fourth-order valence-electron chi connectivity index (χ4n) is 2.59. The van der Waals surface area contributed by atoms with Crippen molar-refractivity contribution in [1.29, 1.82) is 5.26 Å². The van der Waals surface area contributed by atoms with Crippen LogP contribution in [0.5, 0.6) is 5.75 Å². The van der Waals surface area contributed by atoms with Crippen LogP contribution in [0.3, 0.4) is 0 Å². The smallest absolute Gasteiger partial charge is 0.140 e. The number of likely N-dealkylation sites (N-methyl/N-ethyl adjacent to an activating group) is 1. The summed E-state index contributed by atoms with van der Waals surface area (Å²) in [7, 11) is 9.62. The summed E-state index contributed by atoms with van der Waals surface area (Å²) in [6, 6.07) is 6.01. The standard InChI is InChI=1S/C19H26N6O/c1-14(11-23(2)3)26-19-8-15(16-10-22-25(6)12-16)7-18(17(19)9-20)21-13-24(4)5/h7-8,10,12-14H,11H2,1-6H3/b21-13+/t14-/m1/s1. The monoisotopic (exact) mass is 354 g/mol. The van der Waals surface area contributed by atoms with Gasteiger partial charge in [0.1, 0.15) is 23.5 Å². The zero-order valence-electron chi connectivity index (χ0n) is 16.3. The Bertz CT molecular complexity index is 816. The van der Waals surface area contributed by atoms with Gasteiger partial charge in [-0.25, -0.2) is 4.99 Å². The lowest BCUT2D eigenvalue weighted by Crippen LogP contribution is -2.28. The molecule has 1 aromatic heterocycles. The number of ether oxygens (including phenoxy) is 1. The first kappa shape index (κ1) is 19.5. The van der Waals surface area contributed by atoms with Crippen LogP contribution in [-0.4, -0.2) is 66.8 Å². The number of hydrogen-bond donors (Lipinski definition) is 0. The fourth-order valence-corrected chi connectivity index (χ4v) is 2.59. The predicted molar refractivity (Wildman–Crippen MR) is 104 cm³/mol. The van der Waals surface area contributed by atoms with E-state index in [0.29, 0.717) is 17.0 Å². The molecule has 2 aromatic rings. The number of aliphatic imine (C=N–C) groups is 1. The maximum atomic E-state index is 9.68. The molecule has 0 amide bonds. The number of nitriles is 1. The Morgan fingerprint density at radius 3 is 2.58 bits per heavy atom. The summed E-state index contributed by atoms with van der Waals surface area (Å²) in [5.74, 6) is 0.536. The molecule has 1 aromatic carbocycles. The first-order valence-corrected chi connectivity index (χ1v) is 8.39. The van der Waals surface area contributed by atoms with Crippen molar-refractivity contribution in [1.82, 2.24) is 19.6 Å². The van der Waals surface area contributed by atoms with Gasteiger partial charge in [0.2, 0.25) is 0 Å². The van der Waals surface area contributed by atoms with E-state index in [2.05, 4.69) is 16.2 Å². The van der Waals surface area contributed by atoms with Crippen molar-refractivity contribution in [2.75, 3.05) is 34.7 Å². The Morgan fingerprint density at radius 2 is 2.04 bits per heavy atom. The quantitative estimate of drug-likeness (QED) is 0.564. The van der Waals surface area contributed by atoms with Crippen molar-refractivity contribution in [2.45, 2.75) is 13.0 Å². The number of aromatic nitrogens is 2. The normalized spacial score (nSPS) is 12.4.